The van der Waals surface area contributed by atoms with Gasteiger partial charge >= 0.3 is 5.79 Å². The van der Waals surface area contributed by atoms with Crippen molar-refractivity contribution in [1.82, 2.24) is 5.32 Å². The number of amides is 1. The van der Waals surface area contributed by atoms with Gasteiger partial charge in [-0.25, -0.2) is 0 Å². The van der Waals surface area contributed by atoms with Gasteiger partial charge in [0.2, 0.25) is 10.9 Å². The number of nitrogens with one attached hydrogen (secondary N) is 1. The number of methoxy groups -OCH3 is 1. The number of nitrogens with zero attached hydrogens (tertiary/aromatic N) is 2. The number of rotatable bonds is 10. The summed E-state index contributed by atoms with van der Waals surface area (Å²) in [7, 11) is 1.49. The molecule has 2 heterocycles. The molecule has 0 saturated carbocycles. The molecule has 0 aromatic heterocycles. The third-order valence-corrected chi connectivity index (χ3v) is 8.44. The van der Waals surface area contributed by atoms with E-state index in [1.165, 1.54) is 25.5 Å². The number of aliphatic hydroxyl groups excluding tert-OH is 1. The maximum atomic E-state index is 12.7. The van der Waals surface area contributed by atoms with Gasteiger partial charge in [-0.3, -0.25) is 19.4 Å². The predicted octanol–water partition coefficient (Wildman–Crippen LogP) is 3.19. The molecule has 0 bridgehead atoms. The SMILES string of the molecule is COC1=C(Br)C[C@]2(OC=C1Br)ON=C(C(=O)NCCCOc1c(Br)cc(CCN=c3c(=O)ccc3=O)cc1Br)[C@@H]2O. The van der Waals surface area contributed by atoms with Crippen LogP contribution in [-0.2, 0) is 25.5 Å². The van der Waals surface area contributed by atoms with Crippen LogP contribution in [0.2, 0.25) is 0 Å². The van der Waals surface area contributed by atoms with E-state index in [9.17, 15) is 19.5 Å². The second-order valence-corrected chi connectivity index (χ2v) is 12.4. The molecule has 11 nitrogen and oxygen atoms in total. The maximum absolute atomic E-state index is 12.7. The van der Waals surface area contributed by atoms with Crippen LogP contribution in [0.1, 0.15) is 18.4 Å². The number of oxime groups is 1. The number of allylic oxidation sites excluding steroid dienone is 1. The first kappa shape index (κ1) is 31.6. The fraction of sp³-hybridized carbons (Fsp3) is 0.346. The highest BCUT2D eigenvalue weighted by atomic mass is 79.9. The average Bonchev–Trinajstić information content (AvgIpc) is 3.37. The number of halogens is 4. The number of aliphatic hydroxyl groups is 1. The number of benzene rings is 1. The zero-order chi connectivity index (χ0) is 29.7. The zero-order valence-corrected chi connectivity index (χ0v) is 27.8. The summed E-state index contributed by atoms with van der Waals surface area (Å²) < 4.78 is 19.3. The molecule has 0 aliphatic carbocycles. The van der Waals surface area contributed by atoms with Crippen molar-refractivity contribution in [2.75, 3.05) is 26.8 Å². The Labute approximate surface area is 267 Å². The van der Waals surface area contributed by atoms with Crippen molar-refractivity contribution in [1.29, 1.82) is 0 Å². The van der Waals surface area contributed by atoms with Gasteiger partial charge < -0.3 is 29.5 Å². The van der Waals surface area contributed by atoms with Crippen LogP contribution in [-0.4, -0.2) is 55.4 Å². The van der Waals surface area contributed by atoms with E-state index < -0.39 is 17.8 Å². The van der Waals surface area contributed by atoms with Gasteiger partial charge in [0.15, 0.2) is 17.2 Å². The summed E-state index contributed by atoms with van der Waals surface area (Å²) in [4.78, 5) is 45.5. The Bertz CT molecular complexity index is 1530. The zero-order valence-electron chi connectivity index (χ0n) is 21.4. The van der Waals surface area contributed by atoms with E-state index in [-0.39, 0.29) is 41.5 Å². The molecule has 2 aromatic carbocycles. The van der Waals surface area contributed by atoms with Gasteiger partial charge in [0.05, 0.1) is 33.6 Å². The van der Waals surface area contributed by atoms with Crippen molar-refractivity contribution >= 4 is 75.3 Å². The minimum atomic E-state index is -1.62. The third-order valence-electron chi connectivity index (χ3n) is 6.07. The summed E-state index contributed by atoms with van der Waals surface area (Å²) in [6.07, 6.45) is 0.900. The quantitative estimate of drug-likeness (QED) is 0.348. The van der Waals surface area contributed by atoms with Gasteiger partial charge in [-0.15, -0.1) is 0 Å². The van der Waals surface area contributed by atoms with Gasteiger partial charge in [-0.2, -0.15) is 0 Å². The molecule has 4 rings (SSSR count). The molecule has 218 valence electrons. The van der Waals surface area contributed by atoms with Crippen LogP contribution < -0.4 is 26.3 Å². The third kappa shape index (κ3) is 7.19. The van der Waals surface area contributed by atoms with Gasteiger partial charge in [-0.05, 0) is 90.5 Å². The van der Waals surface area contributed by atoms with Crippen molar-refractivity contribution in [3.63, 3.8) is 0 Å². The van der Waals surface area contributed by atoms with Crippen molar-refractivity contribution in [2.24, 2.45) is 10.1 Å². The van der Waals surface area contributed by atoms with E-state index in [4.69, 9.17) is 19.0 Å². The van der Waals surface area contributed by atoms with E-state index in [1.807, 2.05) is 12.1 Å². The minimum absolute atomic E-state index is 0.0363. The van der Waals surface area contributed by atoms with E-state index in [0.717, 1.165) is 5.56 Å². The number of hydrogen-bond donors (Lipinski definition) is 2. The average molecular weight is 825 g/mol. The van der Waals surface area contributed by atoms with Crippen LogP contribution in [0.4, 0.5) is 0 Å². The molecule has 0 unspecified atom stereocenters. The Hall–Kier alpha value is -2.33. The second kappa shape index (κ2) is 13.8. The molecule has 2 N–H and O–H groups in total. The standard InChI is InChI=1S/C26H23Br4N3O8/c1-38-22-16(29)11-26(40-12-17(22)30)24(36)21(33-41-26)25(37)32-6-2-8-39-23-14(27)9-13(10-15(23)28)5-7-31-20-18(34)3-4-19(20)35/h3-4,9-10,12,24,36H,2,5-8,11H2,1H3,(H,32,37)/t24-,26-/m0/s1. The lowest BCUT2D eigenvalue weighted by Crippen LogP contribution is -2.49. The summed E-state index contributed by atoms with van der Waals surface area (Å²) in [5, 5.41) is 17.3. The van der Waals surface area contributed by atoms with Crippen LogP contribution in [0.5, 0.6) is 5.75 Å². The molecule has 2 aliphatic rings. The van der Waals surface area contributed by atoms with Crippen LogP contribution in [0.15, 0.2) is 73.9 Å². The Morgan fingerprint density at radius 1 is 1.20 bits per heavy atom. The number of carbonyl (C=O) groups excluding carboxylic acids is 1. The first-order chi connectivity index (χ1) is 19.6. The highest BCUT2D eigenvalue weighted by Crippen LogP contribution is 2.41. The Morgan fingerprint density at radius 3 is 2.54 bits per heavy atom. The minimum Gasteiger partial charge on any atom is -0.495 e. The van der Waals surface area contributed by atoms with Crippen molar-refractivity contribution in [2.45, 2.75) is 31.2 Å². The molecule has 0 saturated heterocycles. The number of carbonyl (C=O) groups is 1. The summed E-state index contributed by atoms with van der Waals surface area (Å²) >= 11 is 13.7. The van der Waals surface area contributed by atoms with Crippen LogP contribution in [0.3, 0.4) is 0 Å². The number of hydrogen-bond acceptors (Lipinski definition) is 10. The Kier molecular flexibility index (Phi) is 10.6. The smallest absolute Gasteiger partial charge is 0.311 e. The van der Waals surface area contributed by atoms with Crippen LogP contribution >= 0.6 is 63.7 Å². The van der Waals surface area contributed by atoms with Crippen molar-refractivity contribution in [3.05, 3.63) is 85.6 Å². The number of ether oxygens (including phenoxy) is 3. The lowest BCUT2D eigenvalue weighted by atomic mass is 10.0. The van der Waals surface area contributed by atoms with E-state index in [2.05, 4.69) is 79.2 Å². The highest BCUT2D eigenvalue weighted by Gasteiger charge is 2.54. The largest absolute Gasteiger partial charge is 0.495 e. The molecular formula is C26H23Br4N3O8. The molecule has 1 spiro atoms. The Balaban J connectivity index is 1.25. The first-order valence-corrected chi connectivity index (χ1v) is 15.3. The molecular weight excluding hydrogens is 802 g/mol. The molecule has 2 aromatic rings. The summed E-state index contributed by atoms with van der Waals surface area (Å²) in [6.45, 7) is 0.833. The summed E-state index contributed by atoms with van der Waals surface area (Å²) in [5.41, 5.74) is -0.0158. The van der Waals surface area contributed by atoms with Crippen LogP contribution in [0.25, 0.3) is 0 Å². The lowest BCUT2D eigenvalue weighted by Gasteiger charge is -2.27. The maximum Gasteiger partial charge on any atom is 0.311 e. The molecule has 2 atom stereocenters. The normalized spacial score (nSPS) is 20.1. The van der Waals surface area contributed by atoms with E-state index >= 15 is 0 Å². The van der Waals surface area contributed by atoms with Gasteiger partial charge in [0.25, 0.3) is 5.91 Å². The summed E-state index contributed by atoms with van der Waals surface area (Å²) in [6, 6.07) is 6.20. The monoisotopic (exact) mass is 821 g/mol. The predicted molar refractivity (Wildman–Crippen MR) is 163 cm³/mol. The molecule has 1 amide bonds. The summed E-state index contributed by atoms with van der Waals surface area (Å²) in [5.74, 6) is -1.16. The molecule has 15 heteroatoms. The van der Waals surface area contributed by atoms with Gasteiger partial charge in [0.1, 0.15) is 17.8 Å². The van der Waals surface area contributed by atoms with Gasteiger partial charge in [0, 0.05) is 17.6 Å². The lowest BCUT2D eigenvalue weighted by molar-refractivity contribution is -0.225. The topological polar surface area (TPSA) is 145 Å². The fourth-order valence-corrected chi connectivity index (χ4v) is 7.05. The fourth-order valence-electron chi connectivity index (χ4n) is 4.01. The van der Waals surface area contributed by atoms with E-state index in [0.29, 0.717) is 48.8 Å². The Morgan fingerprint density at radius 2 is 1.88 bits per heavy atom. The second-order valence-electron chi connectivity index (χ2n) is 8.87. The van der Waals surface area contributed by atoms with Crippen LogP contribution in [0, 0.1) is 0 Å². The molecule has 0 fully saturated rings. The highest BCUT2D eigenvalue weighted by molar-refractivity contribution is 9.12. The molecule has 2 aliphatic heterocycles. The van der Waals surface area contributed by atoms with Crippen molar-refractivity contribution < 1.29 is 28.9 Å². The molecule has 41 heavy (non-hydrogen) atoms. The van der Waals surface area contributed by atoms with E-state index in [1.54, 1.807) is 0 Å². The van der Waals surface area contributed by atoms with Crippen molar-refractivity contribution in [3.8, 4) is 5.75 Å². The first-order valence-electron chi connectivity index (χ1n) is 12.2. The molecule has 0 radical (unpaired) electrons. The van der Waals surface area contributed by atoms with Gasteiger partial charge in [-0.1, -0.05) is 21.1 Å².